The van der Waals surface area contributed by atoms with E-state index in [1.54, 1.807) is 35.5 Å². The van der Waals surface area contributed by atoms with Crippen LogP contribution in [0.2, 0.25) is 0 Å². The molecule has 1 aliphatic rings. The first-order valence-electron chi connectivity index (χ1n) is 9.52. The molecule has 0 aliphatic heterocycles. The van der Waals surface area contributed by atoms with Crippen molar-refractivity contribution in [2.24, 2.45) is 0 Å². The van der Waals surface area contributed by atoms with Gasteiger partial charge in [-0.1, -0.05) is 12.1 Å². The molecular formula is C25H24O5. The lowest BCUT2D eigenvalue weighted by Gasteiger charge is -2.11. The number of benzene rings is 3. The molecule has 3 aromatic carbocycles. The van der Waals surface area contributed by atoms with Gasteiger partial charge in [-0.3, -0.25) is 0 Å². The van der Waals surface area contributed by atoms with Crippen molar-refractivity contribution < 1.29 is 23.7 Å². The van der Waals surface area contributed by atoms with E-state index < -0.39 is 0 Å². The molecule has 0 unspecified atom stereocenters. The van der Waals surface area contributed by atoms with Gasteiger partial charge in [-0.05, 0) is 75.9 Å². The highest BCUT2D eigenvalue weighted by atomic mass is 16.5. The first kappa shape index (κ1) is 19.7. The van der Waals surface area contributed by atoms with E-state index >= 15 is 0 Å². The summed E-state index contributed by atoms with van der Waals surface area (Å²) in [6, 6.07) is 16.0. The molecule has 3 aromatic rings. The Bertz CT molecular complexity index is 1050. The SMILES string of the molecule is COc1ccc(C=C2c3cc(OC)c(OC)cc3-c3cc(OC)c(OC)cc32)cc1. The van der Waals surface area contributed by atoms with Gasteiger partial charge in [-0.2, -0.15) is 0 Å². The average Bonchev–Trinajstić information content (AvgIpc) is 3.09. The maximum Gasteiger partial charge on any atom is 0.161 e. The third kappa shape index (κ3) is 3.22. The van der Waals surface area contributed by atoms with Gasteiger partial charge in [-0.15, -0.1) is 0 Å². The van der Waals surface area contributed by atoms with Gasteiger partial charge in [0.15, 0.2) is 23.0 Å². The Hall–Kier alpha value is -3.60. The van der Waals surface area contributed by atoms with Crippen molar-refractivity contribution in [3.63, 3.8) is 0 Å². The first-order valence-corrected chi connectivity index (χ1v) is 9.52. The standard InChI is InChI=1S/C25H24O5/c1-26-16-8-6-15(7-9-16)10-17-18-11-22(27-2)24(29-4)13-20(18)21-14-25(30-5)23(28-3)12-19(17)21/h6-14H,1-5H3. The molecule has 0 saturated heterocycles. The molecule has 0 radical (unpaired) electrons. The fourth-order valence-electron chi connectivity index (χ4n) is 3.82. The zero-order valence-corrected chi connectivity index (χ0v) is 17.7. The Morgan fingerprint density at radius 3 is 1.27 bits per heavy atom. The summed E-state index contributed by atoms with van der Waals surface area (Å²) in [7, 11) is 8.23. The summed E-state index contributed by atoms with van der Waals surface area (Å²) >= 11 is 0. The Kier molecular flexibility index (Phi) is 5.27. The topological polar surface area (TPSA) is 46.2 Å². The van der Waals surface area contributed by atoms with E-state index in [0.717, 1.165) is 39.1 Å². The summed E-state index contributed by atoms with van der Waals surface area (Å²) in [5.74, 6) is 3.56. The Labute approximate surface area is 176 Å². The zero-order valence-electron chi connectivity index (χ0n) is 17.7. The predicted molar refractivity (Wildman–Crippen MR) is 118 cm³/mol. The van der Waals surface area contributed by atoms with Crippen LogP contribution in [0.4, 0.5) is 0 Å². The van der Waals surface area contributed by atoms with Gasteiger partial charge in [0.1, 0.15) is 5.75 Å². The van der Waals surface area contributed by atoms with Crippen molar-refractivity contribution >= 4 is 11.6 Å². The number of methoxy groups -OCH3 is 5. The van der Waals surface area contributed by atoms with E-state index in [1.807, 2.05) is 48.5 Å². The fourth-order valence-corrected chi connectivity index (χ4v) is 3.82. The van der Waals surface area contributed by atoms with Crippen LogP contribution < -0.4 is 23.7 Å². The number of ether oxygens (including phenoxy) is 5. The molecule has 154 valence electrons. The number of fused-ring (bicyclic) bond motifs is 3. The Morgan fingerprint density at radius 1 is 0.500 bits per heavy atom. The van der Waals surface area contributed by atoms with Gasteiger partial charge in [0.05, 0.1) is 35.5 Å². The van der Waals surface area contributed by atoms with Crippen LogP contribution in [0, 0.1) is 0 Å². The van der Waals surface area contributed by atoms with Crippen LogP contribution in [0.5, 0.6) is 28.7 Å². The second kappa shape index (κ2) is 8.03. The molecule has 0 spiro atoms. The lowest BCUT2D eigenvalue weighted by molar-refractivity contribution is 0.354. The molecule has 0 heterocycles. The van der Waals surface area contributed by atoms with Gasteiger partial charge in [0.2, 0.25) is 0 Å². The summed E-state index contributed by atoms with van der Waals surface area (Å²) in [6.07, 6.45) is 2.15. The van der Waals surface area contributed by atoms with Crippen LogP contribution in [0.15, 0.2) is 48.5 Å². The van der Waals surface area contributed by atoms with Crippen LogP contribution in [0.25, 0.3) is 22.8 Å². The Balaban J connectivity index is 1.97. The molecule has 30 heavy (non-hydrogen) atoms. The van der Waals surface area contributed by atoms with E-state index in [2.05, 4.69) is 6.08 Å². The monoisotopic (exact) mass is 404 g/mol. The molecule has 0 amide bonds. The van der Waals surface area contributed by atoms with E-state index in [1.165, 1.54) is 0 Å². The average molecular weight is 404 g/mol. The molecule has 0 saturated carbocycles. The zero-order chi connectivity index (χ0) is 21.3. The molecule has 5 heteroatoms. The lowest BCUT2D eigenvalue weighted by atomic mass is 10.0. The van der Waals surface area contributed by atoms with Gasteiger partial charge >= 0.3 is 0 Å². The van der Waals surface area contributed by atoms with Crippen molar-refractivity contribution in [2.75, 3.05) is 35.5 Å². The molecule has 5 nitrogen and oxygen atoms in total. The van der Waals surface area contributed by atoms with Crippen LogP contribution in [0.3, 0.4) is 0 Å². The van der Waals surface area contributed by atoms with Gasteiger partial charge < -0.3 is 23.7 Å². The second-order valence-corrected chi connectivity index (χ2v) is 6.84. The highest BCUT2D eigenvalue weighted by Gasteiger charge is 2.28. The van der Waals surface area contributed by atoms with Gasteiger partial charge in [0.25, 0.3) is 0 Å². The first-order chi connectivity index (χ1) is 14.6. The number of rotatable bonds is 6. The summed E-state index contributed by atoms with van der Waals surface area (Å²) in [5.41, 5.74) is 6.38. The summed E-state index contributed by atoms with van der Waals surface area (Å²) in [4.78, 5) is 0. The van der Waals surface area contributed by atoms with E-state index in [0.29, 0.717) is 23.0 Å². The normalized spacial score (nSPS) is 11.4. The van der Waals surface area contributed by atoms with Gasteiger partial charge in [-0.25, -0.2) is 0 Å². The smallest absolute Gasteiger partial charge is 0.161 e. The second-order valence-electron chi connectivity index (χ2n) is 6.84. The van der Waals surface area contributed by atoms with Crippen molar-refractivity contribution in [1.29, 1.82) is 0 Å². The van der Waals surface area contributed by atoms with Crippen LogP contribution in [0.1, 0.15) is 16.7 Å². The van der Waals surface area contributed by atoms with Gasteiger partial charge in [0, 0.05) is 0 Å². The van der Waals surface area contributed by atoms with Crippen molar-refractivity contribution in [1.82, 2.24) is 0 Å². The maximum atomic E-state index is 5.56. The molecule has 0 N–H and O–H groups in total. The largest absolute Gasteiger partial charge is 0.497 e. The van der Waals surface area contributed by atoms with Crippen molar-refractivity contribution in [3.05, 3.63) is 65.2 Å². The third-order valence-corrected chi connectivity index (χ3v) is 5.34. The predicted octanol–water partition coefficient (Wildman–Crippen LogP) is 5.30. The number of hydrogen-bond donors (Lipinski definition) is 0. The van der Waals surface area contributed by atoms with Crippen molar-refractivity contribution in [2.45, 2.75) is 0 Å². The van der Waals surface area contributed by atoms with Crippen LogP contribution in [-0.4, -0.2) is 35.5 Å². The number of hydrogen-bond acceptors (Lipinski definition) is 5. The van der Waals surface area contributed by atoms with Crippen LogP contribution >= 0.6 is 0 Å². The minimum Gasteiger partial charge on any atom is -0.497 e. The molecule has 0 fully saturated rings. The quantitative estimate of drug-likeness (QED) is 0.436. The molecule has 0 aromatic heterocycles. The summed E-state index contributed by atoms with van der Waals surface area (Å²) in [6.45, 7) is 0. The van der Waals surface area contributed by atoms with E-state index in [-0.39, 0.29) is 0 Å². The molecular weight excluding hydrogens is 380 g/mol. The van der Waals surface area contributed by atoms with E-state index in [4.69, 9.17) is 23.7 Å². The molecule has 0 bridgehead atoms. The highest BCUT2D eigenvalue weighted by molar-refractivity contribution is 6.08. The highest BCUT2D eigenvalue weighted by Crippen LogP contribution is 2.51. The summed E-state index contributed by atoms with van der Waals surface area (Å²) < 4.78 is 27.5. The maximum absolute atomic E-state index is 5.56. The van der Waals surface area contributed by atoms with E-state index in [9.17, 15) is 0 Å². The molecule has 0 atom stereocenters. The molecule has 1 aliphatic carbocycles. The fraction of sp³-hybridized carbons (Fsp3) is 0.200. The minimum absolute atomic E-state index is 0.683. The third-order valence-electron chi connectivity index (χ3n) is 5.34. The molecule has 4 rings (SSSR count). The van der Waals surface area contributed by atoms with Crippen molar-refractivity contribution in [3.8, 4) is 39.9 Å². The minimum atomic E-state index is 0.683. The summed E-state index contributed by atoms with van der Waals surface area (Å²) in [5, 5.41) is 0. The Morgan fingerprint density at radius 2 is 0.900 bits per heavy atom. The lowest BCUT2D eigenvalue weighted by Crippen LogP contribution is -1.92. The van der Waals surface area contributed by atoms with Crippen LogP contribution in [-0.2, 0) is 0 Å².